The molecule has 0 aliphatic heterocycles. The summed E-state index contributed by atoms with van der Waals surface area (Å²) in [7, 11) is 0. The van der Waals surface area contributed by atoms with Gasteiger partial charge >= 0.3 is 0 Å². The van der Waals surface area contributed by atoms with Crippen molar-refractivity contribution < 1.29 is 5.11 Å². The van der Waals surface area contributed by atoms with Crippen LogP contribution in [0.15, 0.2) is 24.3 Å². The first-order valence-electron chi connectivity index (χ1n) is 4.84. The van der Waals surface area contributed by atoms with E-state index in [0.29, 0.717) is 12.2 Å². The lowest BCUT2D eigenvalue weighted by molar-refractivity contribution is 0.272. The van der Waals surface area contributed by atoms with Gasteiger partial charge in [0.15, 0.2) is 5.82 Å². The Labute approximate surface area is 88.0 Å². The minimum absolute atomic E-state index is 0.121. The molecule has 2 rings (SSSR count). The van der Waals surface area contributed by atoms with E-state index in [-0.39, 0.29) is 6.61 Å². The van der Waals surface area contributed by atoms with Gasteiger partial charge in [-0.05, 0) is 12.5 Å². The van der Waals surface area contributed by atoms with Crippen LogP contribution in [0.1, 0.15) is 22.8 Å². The molecule has 0 amide bonds. The molecule has 4 heteroatoms. The van der Waals surface area contributed by atoms with E-state index in [4.69, 9.17) is 5.11 Å². The molecular formula is C11H13N3O. The van der Waals surface area contributed by atoms with Crippen molar-refractivity contribution in [3.8, 4) is 0 Å². The number of hydrogen-bond donors (Lipinski definition) is 2. The highest BCUT2D eigenvalue weighted by atomic mass is 16.3. The summed E-state index contributed by atoms with van der Waals surface area (Å²) in [5.74, 6) is 1.22. The van der Waals surface area contributed by atoms with E-state index in [1.807, 2.05) is 0 Å². The second-order valence-corrected chi connectivity index (χ2v) is 3.52. The van der Waals surface area contributed by atoms with Gasteiger partial charge in [0.05, 0.1) is 0 Å². The Bertz CT molecular complexity index is 433. The van der Waals surface area contributed by atoms with Gasteiger partial charge in [-0.25, -0.2) is 4.98 Å². The molecule has 78 valence electrons. The molecule has 1 aromatic heterocycles. The molecule has 0 saturated carbocycles. The number of aromatic nitrogens is 3. The van der Waals surface area contributed by atoms with Gasteiger partial charge in [-0.3, -0.25) is 5.10 Å². The highest BCUT2D eigenvalue weighted by molar-refractivity contribution is 5.23. The van der Waals surface area contributed by atoms with Crippen molar-refractivity contribution in [1.82, 2.24) is 15.2 Å². The number of benzene rings is 1. The lowest BCUT2D eigenvalue weighted by Crippen LogP contribution is -1.91. The van der Waals surface area contributed by atoms with Crippen LogP contribution in [-0.2, 0) is 13.0 Å². The average molecular weight is 203 g/mol. The van der Waals surface area contributed by atoms with Gasteiger partial charge in [-0.15, -0.1) is 0 Å². The molecule has 4 nitrogen and oxygen atoms in total. The van der Waals surface area contributed by atoms with Crippen LogP contribution in [0.25, 0.3) is 0 Å². The Hall–Kier alpha value is -1.68. The lowest BCUT2D eigenvalue weighted by Gasteiger charge is -1.98. The van der Waals surface area contributed by atoms with E-state index in [1.54, 1.807) is 0 Å². The number of hydrogen-bond acceptors (Lipinski definition) is 3. The Morgan fingerprint density at radius 1 is 1.27 bits per heavy atom. The molecule has 0 aliphatic rings. The second kappa shape index (κ2) is 4.23. The number of H-pyrrole nitrogens is 1. The molecule has 0 fully saturated rings. The fraction of sp³-hybridized carbons (Fsp3) is 0.273. The summed E-state index contributed by atoms with van der Waals surface area (Å²) in [6.07, 6.45) is 0.716. The summed E-state index contributed by atoms with van der Waals surface area (Å²) >= 11 is 0. The van der Waals surface area contributed by atoms with Crippen molar-refractivity contribution in [2.24, 2.45) is 0 Å². The number of aliphatic hydroxyl groups is 1. The molecule has 0 radical (unpaired) electrons. The largest absolute Gasteiger partial charge is 0.388 e. The predicted molar refractivity (Wildman–Crippen MR) is 56.3 cm³/mol. The molecule has 0 unspecified atom stereocenters. The Kier molecular flexibility index (Phi) is 2.78. The molecule has 0 atom stereocenters. The van der Waals surface area contributed by atoms with Crippen molar-refractivity contribution in [3.05, 3.63) is 47.0 Å². The first-order valence-corrected chi connectivity index (χ1v) is 4.84. The lowest BCUT2D eigenvalue weighted by atomic mass is 10.1. The third-order valence-corrected chi connectivity index (χ3v) is 2.21. The number of aryl methyl sites for hydroxylation is 1. The average Bonchev–Trinajstić information content (AvgIpc) is 2.69. The van der Waals surface area contributed by atoms with Gasteiger partial charge in [0, 0.05) is 6.42 Å². The van der Waals surface area contributed by atoms with Crippen LogP contribution in [0.5, 0.6) is 0 Å². The zero-order valence-corrected chi connectivity index (χ0v) is 8.57. The maximum Gasteiger partial charge on any atom is 0.176 e. The highest BCUT2D eigenvalue weighted by Crippen LogP contribution is 2.07. The molecule has 0 saturated heterocycles. The van der Waals surface area contributed by atoms with Crippen LogP contribution >= 0.6 is 0 Å². The van der Waals surface area contributed by atoms with Gasteiger partial charge < -0.3 is 5.11 Å². The SMILES string of the molecule is Cc1ccc(Cc2nc(CO)n[nH]2)cc1. The number of aliphatic hydroxyl groups excluding tert-OH is 1. The molecule has 1 aromatic carbocycles. The summed E-state index contributed by atoms with van der Waals surface area (Å²) in [5.41, 5.74) is 2.42. The Balaban J connectivity index is 2.11. The molecule has 0 bridgehead atoms. The van der Waals surface area contributed by atoms with E-state index >= 15 is 0 Å². The monoisotopic (exact) mass is 203 g/mol. The van der Waals surface area contributed by atoms with E-state index in [9.17, 15) is 0 Å². The van der Waals surface area contributed by atoms with Crippen molar-refractivity contribution in [2.75, 3.05) is 0 Å². The third-order valence-electron chi connectivity index (χ3n) is 2.21. The quantitative estimate of drug-likeness (QED) is 0.787. The fourth-order valence-corrected chi connectivity index (χ4v) is 1.38. The number of nitrogens with one attached hydrogen (secondary N) is 1. The number of rotatable bonds is 3. The van der Waals surface area contributed by atoms with Crippen molar-refractivity contribution in [3.63, 3.8) is 0 Å². The molecule has 0 spiro atoms. The van der Waals surface area contributed by atoms with Crippen molar-refractivity contribution in [1.29, 1.82) is 0 Å². The Morgan fingerprint density at radius 2 is 2.00 bits per heavy atom. The van der Waals surface area contributed by atoms with E-state index in [0.717, 1.165) is 5.82 Å². The fourth-order valence-electron chi connectivity index (χ4n) is 1.38. The second-order valence-electron chi connectivity index (χ2n) is 3.52. The van der Waals surface area contributed by atoms with Crippen LogP contribution in [0.4, 0.5) is 0 Å². The van der Waals surface area contributed by atoms with Gasteiger partial charge in [-0.1, -0.05) is 29.8 Å². The summed E-state index contributed by atoms with van der Waals surface area (Å²) in [4.78, 5) is 4.13. The topological polar surface area (TPSA) is 61.8 Å². The van der Waals surface area contributed by atoms with Crippen LogP contribution in [0.2, 0.25) is 0 Å². The standard InChI is InChI=1S/C11H13N3O/c1-8-2-4-9(5-3-8)6-10-12-11(7-15)14-13-10/h2-5,15H,6-7H2,1H3,(H,12,13,14). The first-order chi connectivity index (χ1) is 7.28. The van der Waals surface area contributed by atoms with Gasteiger partial charge in [-0.2, -0.15) is 5.10 Å². The summed E-state index contributed by atoms with van der Waals surface area (Å²) < 4.78 is 0. The molecule has 2 N–H and O–H groups in total. The molecular weight excluding hydrogens is 190 g/mol. The Morgan fingerprint density at radius 3 is 2.60 bits per heavy atom. The molecule has 15 heavy (non-hydrogen) atoms. The summed E-state index contributed by atoms with van der Waals surface area (Å²) in [6.45, 7) is 1.94. The van der Waals surface area contributed by atoms with E-state index < -0.39 is 0 Å². The van der Waals surface area contributed by atoms with Gasteiger partial charge in [0.1, 0.15) is 12.4 Å². The summed E-state index contributed by atoms with van der Waals surface area (Å²) in [6, 6.07) is 8.27. The normalized spacial score (nSPS) is 10.5. The minimum atomic E-state index is -0.121. The smallest absolute Gasteiger partial charge is 0.176 e. The van der Waals surface area contributed by atoms with Gasteiger partial charge in [0.2, 0.25) is 0 Å². The number of aromatic amines is 1. The minimum Gasteiger partial charge on any atom is -0.388 e. The first kappa shape index (κ1) is 9.86. The third kappa shape index (κ3) is 2.41. The van der Waals surface area contributed by atoms with Crippen molar-refractivity contribution >= 4 is 0 Å². The zero-order chi connectivity index (χ0) is 10.7. The van der Waals surface area contributed by atoms with E-state index in [1.165, 1.54) is 11.1 Å². The zero-order valence-electron chi connectivity index (χ0n) is 8.57. The molecule has 1 heterocycles. The van der Waals surface area contributed by atoms with E-state index in [2.05, 4.69) is 46.4 Å². The number of nitrogens with zero attached hydrogens (tertiary/aromatic N) is 2. The molecule has 2 aromatic rings. The predicted octanol–water partition coefficient (Wildman–Crippen LogP) is 1.20. The van der Waals surface area contributed by atoms with Crippen molar-refractivity contribution in [2.45, 2.75) is 20.0 Å². The maximum absolute atomic E-state index is 8.81. The van der Waals surface area contributed by atoms with Crippen LogP contribution in [-0.4, -0.2) is 20.3 Å². The van der Waals surface area contributed by atoms with Gasteiger partial charge in [0.25, 0.3) is 0 Å². The van der Waals surface area contributed by atoms with Crippen LogP contribution in [0, 0.1) is 6.92 Å². The maximum atomic E-state index is 8.81. The molecule has 0 aliphatic carbocycles. The highest BCUT2D eigenvalue weighted by Gasteiger charge is 2.02. The summed E-state index contributed by atoms with van der Waals surface area (Å²) in [5, 5.41) is 15.5. The van der Waals surface area contributed by atoms with Crippen LogP contribution in [0.3, 0.4) is 0 Å². The van der Waals surface area contributed by atoms with Crippen LogP contribution < -0.4 is 0 Å².